The van der Waals surface area contributed by atoms with Gasteiger partial charge < -0.3 is 9.64 Å². The average Bonchev–Trinajstić information content (AvgIpc) is 3.43. The maximum Gasteiger partial charge on any atom is 0.130 e. The van der Waals surface area contributed by atoms with E-state index in [1.165, 1.54) is 0 Å². The molecule has 1 aliphatic rings. The van der Waals surface area contributed by atoms with Crippen molar-refractivity contribution in [3.63, 3.8) is 0 Å². The highest BCUT2D eigenvalue weighted by molar-refractivity contribution is 6.45. The summed E-state index contributed by atoms with van der Waals surface area (Å²) < 4.78 is 6.13. The zero-order chi connectivity index (χ0) is 19.8. The van der Waals surface area contributed by atoms with Crippen LogP contribution in [-0.4, -0.2) is 34.4 Å². The maximum atomic E-state index is 6.51. The van der Waals surface area contributed by atoms with Crippen molar-refractivity contribution < 1.29 is 4.74 Å². The van der Waals surface area contributed by atoms with Crippen LogP contribution in [0.3, 0.4) is 0 Å². The Hall–Kier alpha value is -2.76. The molecule has 0 bridgehead atoms. The number of para-hydroxylation sites is 1. The molecule has 0 aliphatic carbocycles. The van der Waals surface area contributed by atoms with Gasteiger partial charge in [0.25, 0.3) is 0 Å². The van der Waals surface area contributed by atoms with Crippen LogP contribution in [0.1, 0.15) is 6.42 Å². The molecule has 2 aromatic carbocycles. The third-order valence-electron chi connectivity index (χ3n) is 5.18. The number of aromatic amines is 1. The van der Waals surface area contributed by atoms with Gasteiger partial charge >= 0.3 is 0 Å². The van der Waals surface area contributed by atoms with Crippen molar-refractivity contribution in [2.24, 2.45) is 0 Å². The van der Waals surface area contributed by atoms with Crippen LogP contribution in [0.5, 0.6) is 5.75 Å². The Bertz CT molecular complexity index is 1150. The number of pyridine rings is 1. The van der Waals surface area contributed by atoms with Crippen molar-refractivity contribution in [2.75, 3.05) is 18.0 Å². The van der Waals surface area contributed by atoms with Crippen LogP contribution in [0, 0.1) is 0 Å². The fraction of sp³-hybridized carbons (Fsp3) is 0.182. The zero-order valence-corrected chi connectivity index (χ0v) is 17.0. The Morgan fingerprint density at radius 1 is 1.10 bits per heavy atom. The van der Waals surface area contributed by atoms with Gasteiger partial charge in [-0.25, -0.2) is 4.98 Å². The summed E-state index contributed by atoms with van der Waals surface area (Å²) in [4.78, 5) is 7.08. The molecule has 0 radical (unpaired) electrons. The highest BCUT2D eigenvalue weighted by Gasteiger charge is 2.26. The number of hydrogen-bond donors (Lipinski definition) is 1. The van der Waals surface area contributed by atoms with E-state index in [0.29, 0.717) is 15.6 Å². The molecular formula is C22H18Cl2N4O. The Morgan fingerprint density at radius 3 is 2.76 bits per heavy atom. The minimum atomic E-state index is 0.113. The Labute approximate surface area is 178 Å². The van der Waals surface area contributed by atoms with Crippen molar-refractivity contribution in [3.05, 3.63) is 71.0 Å². The van der Waals surface area contributed by atoms with Gasteiger partial charge in [-0.1, -0.05) is 47.5 Å². The minimum absolute atomic E-state index is 0.113. The van der Waals surface area contributed by atoms with Crippen molar-refractivity contribution in [1.29, 1.82) is 0 Å². The molecule has 1 unspecified atom stereocenters. The molecular weight excluding hydrogens is 407 g/mol. The molecule has 1 N–H and O–H groups in total. The summed E-state index contributed by atoms with van der Waals surface area (Å²) in [7, 11) is 0. The first-order valence-corrected chi connectivity index (χ1v) is 10.2. The number of fused-ring (bicyclic) bond motifs is 1. The zero-order valence-electron chi connectivity index (χ0n) is 15.5. The molecule has 7 heteroatoms. The first-order valence-electron chi connectivity index (χ1n) is 9.43. The fourth-order valence-electron chi connectivity index (χ4n) is 3.74. The van der Waals surface area contributed by atoms with Gasteiger partial charge in [0.1, 0.15) is 17.7 Å². The molecule has 1 aliphatic heterocycles. The van der Waals surface area contributed by atoms with Crippen molar-refractivity contribution in [2.45, 2.75) is 12.5 Å². The second-order valence-corrected chi connectivity index (χ2v) is 7.85. The van der Waals surface area contributed by atoms with Crippen LogP contribution in [0.4, 0.5) is 5.82 Å². The number of nitrogens with one attached hydrogen (secondary N) is 1. The standard InChI is InChI=1S/C22H18Cl2N4O/c23-19-7-6-17-18(14-11-25-26-12-14)10-20(27-22(17)21(19)24)28-9-8-16(13-28)29-15-4-2-1-3-5-15/h1-7,10-12,16H,8-9,13H2,(H,25,26). The third-order valence-corrected chi connectivity index (χ3v) is 5.98. The van der Waals surface area contributed by atoms with E-state index in [-0.39, 0.29) is 6.10 Å². The summed E-state index contributed by atoms with van der Waals surface area (Å²) in [5.74, 6) is 1.75. The number of halogens is 2. The second-order valence-electron chi connectivity index (χ2n) is 7.06. The number of H-pyrrole nitrogens is 1. The van der Waals surface area contributed by atoms with E-state index < -0.39 is 0 Å². The third kappa shape index (κ3) is 3.52. The van der Waals surface area contributed by atoms with E-state index >= 15 is 0 Å². The van der Waals surface area contributed by atoms with E-state index in [4.69, 9.17) is 32.9 Å². The lowest BCUT2D eigenvalue weighted by Crippen LogP contribution is -2.25. The van der Waals surface area contributed by atoms with Crippen LogP contribution >= 0.6 is 23.2 Å². The molecule has 0 amide bonds. The quantitative estimate of drug-likeness (QED) is 0.463. The molecule has 0 spiro atoms. The van der Waals surface area contributed by atoms with E-state index in [0.717, 1.165) is 47.6 Å². The number of rotatable bonds is 4. The second kappa shape index (κ2) is 7.58. The molecule has 4 aromatic rings. The predicted octanol–water partition coefficient (Wildman–Crippen LogP) is 5.59. The van der Waals surface area contributed by atoms with Crippen LogP contribution in [-0.2, 0) is 0 Å². The number of hydrogen-bond acceptors (Lipinski definition) is 4. The molecule has 29 heavy (non-hydrogen) atoms. The molecule has 146 valence electrons. The van der Waals surface area contributed by atoms with Gasteiger partial charge in [0.2, 0.25) is 0 Å². The van der Waals surface area contributed by atoms with Gasteiger partial charge in [0, 0.05) is 30.1 Å². The smallest absolute Gasteiger partial charge is 0.130 e. The number of ether oxygens (including phenoxy) is 1. The molecule has 2 aromatic heterocycles. The number of benzene rings is 2. The summed E-state index contributed by atoms with van der Waals surface area (Å²) >= 11 is 12.8. The molecule has 0 saturated carbocycles. The molecule has 5 nitrogen and oxygen atoms in total. The molecule has 3 heterocycles. The topological polar surface area (TPSA) is 54.0 Å². The average molecular weight is 425 g/mol. The van der Waals surface area contributed by atoms with E-state index in [2.05, 4.69) is 21.2 Å². The van der Waals surface area contributed by atoms with Crippen LogP contribution in [0.2, 0.25) is 10.0 Å². The van der Waals surface area contributed by atoms with Gasteiger partial charge in [-0.05, 0) is 29.8 Å². The van der Waals surface area contributed by atoms with Gasteiger partial charge in [-0.2, -0.15) is 5.10 Å². The Balaban J connectivity index is 1.51. The summed E-state index contributed by atoms with van der Waals surface area (Å²) in [6.45, 7) is 1.62. The Kier molecular flexibility index (Phi) is 4.78. The number of nitrogens with zero attached hydrogens (tertiary/aromatic N) is 3. The largest absolute Gasteiger partial charge is 0.489 e. The normalized spacial score (nSPS) is 16.5. The van der Waals surface area contributed by atoms with Gasteiger partial charge in [0.15, 0.2) is 0 Å². The first kappa shape index (κ1) is 18.3. The van der Waals surface area contributed by atoms with Crippen LogP contribution in [0.25, 0.3) is 22.0 Å². The highest BCUT2D eigenvalue weighted by Crippen LogP contribution is 2.37. The van der Waals surface area contributed by atoms with Gasteiger partial charge in [-0.3, -0.25) is 5.10 Å². The van der Waals surface area contributed by atoms with E-state index in [9.17, 15) is 0 Å². The number of anilines is 1. The van der Waals surface area contributed by atoms with E-state index in [1.807, 2.05) is 42.6 Å². The van der Waals surface area contributed by atoms with Crippen molar-refractivity contribution in [1.82, 2.24) is 15.2 Å². The monoisotopic (exact) mass is 424 g/mol. The summed E-state index contributed by atoms with van der Waals surface area (Å²) in [6.07, 6.45) is 4.71. The lowest BCUT2D eigenvalue weighted by atomic mass is 10.0. The molecule has 5 rings (SSSR count). The lowest BCUT2D eigenvalue weighted by molar-refractivity contribution is 0.225. The lowest BCUT2D eigenvalue weighted by Gasteiger charge is -2.20. The first-order chi connectivity index (χ1) is 14.2. The minimum Gasteiger partial charge on any atom is -0.489 e. The maximum absolute atomic E-state index is 6.51. The molecule has 1 atom stereocenters. The fourth-order valence-corrected chi connectivity index (χ4v) is 4.10. The van der Waals surface area contributed by atoms with Crippen LogP contribution in [0.15, 0.2) is 60.9 Å². The molecule has 1 fully saturated rings. The summed E-state index contributed by atoms with van der Waals surface area (Å²) in [5, 5.41) is 8.88. The highest BCUT2D eigenvalue weighted by atomic mass is 35.5. The van der Waals surface area contributed by atoms with Gasteiger partial charge in [-0.15, -0.1) is 0 Å². The number of aromatic nitrogens is 3. The SMILES string of the molecule is Clc1ccc2c(-c3cn[nH]c3)cc(N3CCC(Oc4ccccc4)C3)nc2c1Cl. The summed E-state index contributed by atoms with van der Waals surface area (Å²) in [5.41, 5.74) is 2.69. The Morgan fingerprint density at radius 2 is 1.97 bits per heavy atom. The predicted molar refractivity (Wildman–Crippen MR) is 117 cm³/mol. The van der Waals surface area contributed by atoms with Gasteiger partial charge in [0.05, 0.1) is 28.3 Å². The van der Waals surface area contributed by atoms with Crippen molar-refractivity contribution >= 4 is 39.9 Å². The summed E-state index contributed by atoms with van der Waals surface area (Å²) in [6, 6.07) is 15.8. The molecule has 1 saturated heterocycles. The van der Waals surface area contributed by atoms with Crippen LogP contribution < -0.4 is 9.64 Å². The van der Waals surface area contributed by atoms with E-state index in [1.54, 1.807) is 12.3 Å². The van der Waals surface area contributed by atoms with Crippen molar-refractivity contribution in [3.8, 4) is 16.9 Å².